The van der Waals surface area contributed by atoms with Gasteiger partial charge < -0.3 is 14.4 Å². The summed E-state index contributed by atoms with van der Waals surface area (Å²) in [5.74, 6) is 0.985. The second-order valence-electron chi connectivity index (χ2n) is 8.46. The summed E-state index contributed by atoms with van der Waals surface area (Å²) < 4.78 is 2.01. The van der Waals surface area contributed by atoms with E-state index in [-0.39, 0.29) is 11.8 Å². The van der Waals surface area contributed by atoms with Crippen LogP contribution in [-0.2, 0) is 19.5 Å². The van der Waals surface area contributed by atoms with Gasteiger partial charge in [0.15, 0.2) is 5.82 Å². The number of carbonyl (C=O) groups excluding carboxylic acids is 2. The quantitative estimate of drug-likeness (QED) is 0.799. The first-order valence-corrected chi connectivity index (χ1v) is 10.7. The Bertz CT molecular complexity index is 882. The van der Waals surface area contributed by atoms with Crippen molar-refractivity contribution in [2.75, 3.05) is 20.1 Å². The predicted molar refractivity (Wildman–Crippen MR) is 112 cm³/mol. The molecule has 29 heavy (non-hydrogen) atoms. The van der Waals surface area contributed by atoms with Crippen molar-refractivity contribution < 1.29 is 9.59 Å². The van der Waals surface area contributed by atoms with E-state index in [1.54, 1.807) is 11.9 Å². The van der Waals surface area contributed by atoms with E-state index in [1.807, 2.05) is 39.8 Å². The van der Waals surface area contributed by atoms with E-state index >= 15 is 0 Å². The normalized spacial score (nSPS) is 17.1. The van der Waals surface area contributed by atoms with E-state index in [1.165, 1.54) is 0 Å². The smallest absolute Gasteiger partial charge is 0.289 e. The van der Waals surface area contributed by atoms with Gasteiger partial charge in [-0.15, -0.1) is 0 Å². The Morgan fingerprint density at radius 1 is 1.10 bits per heavy atom. The van der Waals surface area contributed by atoms with Gasteiger partial charge in [0.25, 0.3) is 11.8 Å². The third kappa shape index (κ3) is 4.07. The van der Waals surface area contributed by atoms with Gasteiger partial charge >= 0.3 is 0 Å². The summed E-state index contributed by atoms with van der Waals surface area (Å²) >= 11 is 0. The van der Waals surface area contributed by atoms with Gasteiger partial charge in [0.2, 0.25) is 0 Å². The number of carbonyl (C=O) groups is 2. The molecular formula is C23H30N4O2. The van der Waals surface area contributed by atoms with E-state index in [0.717, 1.165) is 63.0 Å². The Balaban J connectivity index is 1.59. The molecule has 1 fully saturated rings. The highest BCUT2D eigenvalue weighted by atomic mass is 16.2. The summed E-state index contributed by atoms with van der Waals surface area (Å²) in [6, 6.07) is 9.94. The molecular weight excluding hydrogens is 364 g/mol. The van der Waals surface area contributed by atoms with E-state index in [0.29, 0.717) is 24.0 Å². The van der Waals surface area contributed by atoms with Crippen molar-refractivity contribution in [3.63, 3.8) is 0 Å². The molecule has 0 N–H and O–H groups in total. The third-order valence-corrected chi connectivity index (χ3v) is 6.19. The number of piperidine rings is 1. The van der Waals surface area contributed by atoms with Crippen LogP contribution in [0.4, 0.5) is 0 Å². The van der Waals surface area contributed by atoms with E-state index in [4.69, 9.17) is 0 Å². The fourth-order valence-electron chi connectivity index (χ4n) is 4.34. The average Bonchev–Trinajstić information content (AvgIpc) is 3.13. The zero-order chi connectivity index (χ0) is 20.4. The monoisotopic (exact) mass is 394 g/mol. The third-order valence-electron chi connectivity index (χ3n) is 6.19. The fraction of sp³-hybridized carbons (Fsp3) is 0.522. The number of amides is 2. The van der Waals surface area contributed by atoms with Crippen molar-refractivity contribution in [1.29, 1.82) is 0 Å². The second kappa shape index (κ2) is 8.39. The fourth-order valence-corrected chi connectivity index (χ4v) is 4.34. The summed E-state index contributed by atoms with van der Waals surface area (Å²) in [7, 11) is 1.80. The molecule has 0 saturated carbocycles. The molecule has 2 aliphatic heterocycles. The van der Waals surface area contributed by atoms with Crippen LogP contribution in [-0.4, -0.2) is 51.3 Å². The van der Waals surface area contributed by atoms with Crippen LogP contribution in [0.3, 0.4) is 0 Å². The maximum Gasteiger partial charge on any atom is 0.289 e. The summed E-state index contributed by atoms with van der Waals surface area (Å²) in [6.07, 6.45) is 4.92. The molecule has 0 atom stereocenters. The SMILES string of the molecule is CC1CCN(C(=O)c2nc(C(=O)N(C)Cc3ccccc3)c3n2CCCC3)CC1. The first-order chi connectivity index (χ1) is 14.0. The van der Waals surface area contributed by atoms with Crippen molar-refractivity contribution in [2.45, 2.75) is 52.1 Å². The molecule has 0 radical (unpaired) electrons. The second-order valence-corrected chi connectivity index (χ2v) is 8.46. The van der Waals surface area contributed by atoms with Crippen LogP contribution >= 0.6 is 0 Å². The minimum atomic E-state index is -0.106. The molecule has 3 heterocycles. The minimum absolute atomic E-state index is 0.0233. The number of rotatable bonds is 4. The van der Waals surface area contributed by atoms with Crippen LogP contribution in [0.25, 0.3) is 0 Å². The Kier molecular flexibility index (Phi) is 5.69. The van der Waals surface area contributed by atoms with Gasteiger partial charge in [0.1, 0.15) is 5.69 Å². The molecule has 2 aromatic rings. The molecule has 1 aromatic carbocycles. The Morgan fingerprint density at radius 2 is 1.83 bits per heavy atom. The predicted octanol–water partition coefficient (Wildman–Crippen LogP) is 3.36. The highest BCUT2D eigenvalue weighted by molar-refractivity contribution is 5.97. The van der Waals surface area contributed by atoms with Crippen LogP contribution in [0.2, 0.25) is 0 Å². The van der Waals surface area contributed by atoms with Crippen molar-refractivity contribution in [2.24, 2.45) is 5.92 Å². The molecule has 1 aromatic heterocycles. The van der Waals surface area contributed by atoms with Crippen LogP contribution in [0.15, 0.2) is 30.3 Å². The largest absolute Gasteiger partial charge is 0.336 e. The molecule has 0 unspecified atom stereocenters. The van der Waals surface area contributed by atoms with Crippen LogP contribution < -0.4 is 0 Å². The van der Waals surface area contributed by atoms with Gasteiger partial charge in [-0.05, 0) is 43.6 Å². The average molecular weight is 395 g/mol. The topological polar surface area (TPSA) is 58.4 Å². The lowest BCUT2D eigenvalue weighted by molar-refractivity contribution is 0.0678. The maximum absolute atomic E-state index is 13.2. The number of fused-ring (bicyclic) bond motifs is 1. The zero-order valence-corrected chi connectivity index (χ0v) is 17.4. The van der Waals surface area contributed by atoms with Crippen molar-refractivity contribution in [3.05, 3.63) is 53.1 Å². The lowest BCUT2D eigenvalue weighted by atomic mass is 9.99. The van der Waals surface area contributed by atoms with Crippen LogP contribution in [0, 0.1) is 5.92 Å². The molecule has 6 heteroatoms. The highest BCUT2D eigenvalue weighted by Gasteiger charge is 2.31. The van der Waals surface area contributed by atoms with Gasteiger partial charge in [0.05, 0.1) is 5.69 Å². The molecule has 4 rings (SSSR count). The molecule has 2 aliphatic rings. The first-order valence-electron chi connectivity index (χ1n) is 10.7. The van der Waals surface area contributed by atoms with Gasteiger partial charge in [0, 0.05) is 33.2 Å². The van der Waals surface area contributed by atoms with Crippen molar-refractivity contribution in [3.8, 4) is 0 Å². The number of imidazole rings is 1. The summed E-state index contributed by atoms with van der Waals surface area (Å²) in [5.41, 5.74) is 2.46. The zero-order valence-electron chi connectivity index (χ0n) is 17.4. The van der Waals surface area contributed by atoms with Crippen LogP contribution in [0.1, 0.15) is 65.0 Å². The molecule has 0 spiro atoms. The van der Waals surface area contributed by atoms with E-state index in [9.17, 15) is 9.59 Å². The Morgan fingerprint density at radius 3 is 2.55 bits per heavy atom. The molecule has 2 amide bonds. The lowest BCUT2D eigenvalue weighted by Gasteiger charge is -2.30. The standard InChI is InChI=1S/C23H30N4O2/c1-17-11-14-26(15-12-17)23(29)21-24-20(19-10-6-7-13-27(19)21)22(28)25(2)16-18-8-4-3-5-9-18/h3-5,8-9,17H,6-7,10-16H2,1-2H3. The number of likely N-dealkylation sites (tertiary alicyclic amines) is 1. The van der Waals surface area contributed by atoms with E-state index in [2.05, 4.69) is 11.9 Å². The number of benzene rings is 1. The molecule has 6 nitrogen and oxygen atoms in total. The van der Waals surface area contributed by atoms with E-state index < -0.39 is 0 Å². The molecule has 154 valence electrons. The number of aromatic nitrogens is 2. The Hall–Kier alpha value is -2.63. The molecule has 1 saturated heterocycles. The van der Waals surface area contributed by atoms with Crippen LogP contribution in [0.5, 0.6) is 0 Å². The summed E-state index contributed by atoms with van der Waals surface area (Å²) in [5, 5.41) is 0. The van der Waals surface area contributed by atoms with Gasteiger partial charge in [-0.3, -0.25) is 9.59 Å². The first kappa shape index (κ1) is 19.7. The van der Waals surface area contributed by atoms with Crippen molar-refractivity contribution >= 4 is 11.8 Å². The molecule has 0 bridgehead atoms. The maximum atomic E-state index is 13.2. The lowest BCUT2D eigenvalue weighted by Crippen LogP contribution is -2.39. The van der Waals surface area contributed by atoms with Gasteiger partial charge in [-0.1, -0.05) is 37.3 Å². The van der Waals surface area contributed by atoms with Gasteiger partial charge in [-0.2, -0.15) is 0 Å². The van der Waals surface area contributed by atoms with Gasteiger partial charge in [-0.25, -0.2) is 4.98 Å². The minimum Gasteiger partial charge on any atom is -0.336 e. The number of nitrogens with zero attached hydrogens (tertiary/aromatic N) is 4. The summed E-state index contributed by atoms with van der Waals surface area (Å²) in [4.78, 5) is 34.6. The van der Waals surface area contributed by atoms with Crippen molar-refractivity contribution in [1.82, 2.24) is 19.4 Å². The Labute approximate surface area is 172 Å². The highest BCUT2D eigenvalue weighted by Crippen LogP contribution is 2.25. The number of hydrogen-bond donors (Lipinski definition) is 0. The number of hydrogen-bond acceptors (Lipinski definition) is 3. The summed E-state index contributed by atoms with van der Waals surface area (Å²) in [6.45, 7) is 5.08. The molecule has 0 aliphatic carbocycles.